The van der Waals surface area contributed by atoms with Crippen LogP contribution < -0.4 is 15.5 Å². The molecule has 1 saturated heterocycles. The first-order valence-corrected chi connectivity index (χ1v) is 11.5. The summed E-state index contributed by atoms with van der Waals surface area (Å²) in [4.78, 5) is 13.8. The van der Waals surface area contributed by atoms with E-state index in [-0.39, 0.29) is 17.2 Å². The number of rotatable bonds is 4. The lowest BCUT2D eigenvalue weighted by Crippen LogP contribution is -2.50. The molecule has 1 amide bonds. The molecule has 3 rings (SSSR count). The number of halogens is 2. The van der Waals surface area contributed by atoms with Gasteiger partial charge in [-0.2, -0.15) is 0 Å². The average Bonchev–Trinajstić information content (AvgIpc) is 2.64. The average molecular weight is 392 g/mol. The van der Waals surface area contributed by atoms with Gasteiger partial charge in [0, 0.05) is 17.4 Å². The van der Waals surface area contributed by atoms with Crippen LogP contribution >= 0.6 is 7.14 Å². The van der Waals surface area contributed by atoms with Crippen LogP contribution in [0.5, 0.6) is 0 Å². The van der Waals surface area contributed by atoms with Gasteiger partial charge in [0.25, 0.3) is 0 Å². The van der Waals surface area contributed by atoms with Gasteiger partial charge < -0.3 is 14.8 Å². The lowest BCUT2D eigenvalue weighted by molar-refractivity contribution is -0.121. The van der Waals surface area contributed by atoms with Crippen LogP contribution in [0, 0.1) is 11.6 Å². The van der Waals surface area contributed by atoms with E-state index in [1.54, 1.807) is 44.6 Å². The third-order valence-corrected chi connectivity index (χ3v) is 6.46. The van der Waals surface area contributed by atoms with Crippen molar-refractivity contribution in [3.8, 4) is 11.1 Å². The topological polar surface area (TPSA) is 49.4 Å². The molecule has 1 fully saturated rings. The third kappa shape index (κ3) is 3.69. The fraction of sp³-hybridized carbons (Fsp3) is 0.350. The standard InChI is InChI=1S/C20H23F2N2O2P/c1-23-15-8-6-12-24(20(15)25)16-11-10-14(18(21)19(16)22)13-7-4-5-9-17(13)27(2,3)26/h4-5,7,9-11,15,23H,6,8,12H2,1-3H3. The van der Waals surface area contributed by atoms with E-state index >= 15 is 0 Å². The lowest BCUT2D eigenvalue weighted by Gasteiger charge is -2.32. The molecule has 1 N–H and O–H groups in total. The Bertz CT molecular complexity index is 926. The number of nitrogens with zero attached hydrogens (tertiary/aromatic N) is 1. The van der Waals surface area contributed by atoms with Gasteiger partial charge >= 0.3 is 0 Å². The van der Waals surface area contributed by atoms with Gasteiger partial charge in [-0.15, -0.1) is 0 Å². The summed E-state index contributed by atoms with van der Waals surface area (Å²) >= 11 is 0. The number of amides is 1. The van der Waals surface area contributed by atoms with E-state index < -0.39 is 24.8 Å². The highest BCUT2D eigenvalue weighted by molar-refractivity contribution is 7.70. The second kappa shape index (κ2) is 7.53. The largest absolute Gasteiger partial charge is 0.319 e. The van der Waals surface area contributed by atoms with Crippen molar-refractivity contribution in [3.05, 3.63) is 48.0 Å². The Morgan fingerprint density at radius 3 is 2.44 bits per heavy atom. The first-order chi connectivity index (χ1) is 12.8. The fourth-order valence-corrected chi connectivity index (χ4v) is 4.73. The first-order valence-electron chi connectivity index (χ1n) is 8.87. The van der Waals surface area contributed by atoms with E-state index in [9.17, 15) is 18.1 Å². The molecule has 2 aromatic carbocycles. The smallest absolute Gasteiger partial charge is 0.244 e. The summed E-state index contributed by atoms with van der Waals surface area (Å²) in [7, 11) is -1.00. The molecule has 1 aliphatic heterocycles. The van der Waals surface area contributed by atoms with E-state index in [1.807, 2.05) is 0 Å². The molecule has 0 bridgehead atoms. The maximum atomic E-state index is 15.0. The van der Waals surface area contributed by atoms with Crippen LogP contribution in [0.2, 0.25) is 0 Å². The molecule has 27 heavy (non-hydrogen) atoms. The van der Waals surface area contributed by atoms with Crippen LogP contribution in [0.1, 0.15) is 12.8 Å². The minimum Gasteiger partial charge on any atom is -0.319 e. The monoisotopic (exact) mass is 392 g/mol. The molecule has 0 radical (unpaired) electrons. The lowest BCUT2D eigenvalue weighted by atomic mass is 10.0. The fourth-order valence-electron chi connectivity index (χ4n) is 3.51. The third-order valence-electron chi connectivity index (χ3n) is 4.91. The van der Waals surface area contributed by atoms with Crippen molar-refractivity contribution < 1.29 is 18.1 Å². The number of carbonyl (C=O) groups excluding carboxylic acids is 1. The molecule has 4 nitrogen and oxygen atoms in total. The second-order valence-electron chi connectivity index (χ2n) is 7.10. The van der Waals surface area contributed by atoms with Gasteiger partial charge in [0.05, 0.1) is 11.7 Å². The van der Waals surface area contributed by atoms with E-state index in [4.69, 9.17) is 0 Å². The SMILES string of the molecule is CNC1CCCN(c2ccc(-c3ccccc3P(C)(C)=O)c(F)c2F)C1=O. The minimum atomic E-state index is -2.68. The van der Waals surface area contributed by atoms with Crippen LogP contribution in [0.25, 0.3) is 11.1 Å². The van der Waals surface area contributed by atoms with E-state index in [0.717, 1.165) is 0 Å². The quantitative estimate of drug-likeness (QED) is 0.809. The number of benzene rings is 2. The van der Waals surface area contributed by atoms with Crippen molar-refractivity contribution in [3.63, 3.8) is 0 Å². The molecule has 0 aromatic heterocycles. The Labute approximate surface area is 157 Å². The number of hydrogen-bond acceptors (Lipinski definition) is 3. The van der Waals surface area contributed by atoms with Crippen molar-refractivity contribution in [1.29, 1.82) is 0 Å². The maximum absolute atomic E-state index is 15.0. The van der Waals surface area contributed by atoms with E-state index in [1.165, 1.54) is 17.0 Å². The van der Waals surface area contributed by atoms with Gasteiger partial charge in [-0.25, -0.2) is 8.78 Å². The van der Waals surface area contributed by atoms with E-state index in [2.05, 4.69) is 5.32 Å². The molecule has 2 aromatic rings. The molecule has 0 aliphatic carbocycles. The number of anilines is 1. The molecular weight excluding hydrogens is 369 g/mol. The summed E-state index contributed by atoms with van der Waals surface area (Å²) < 4.78 is 42.4. The number of hydrogen-bond donors (Lipinski definition) is 1. The highest BCUT2D eigenvalue weighted by Crippen LogP contribution is 2.40. The summed E-state index contributed by atoms with van der Waals surface area (Å²) in [6, 6.07) is 9.22. The van der Waals surface area contributed by atoms with Crippen molar-refractivity contribution in [2.75, 3.05) is 31.8 Å². The highest BCUT2D eigenvalue weighted by atomic mass is 31.2. The van der Waals surface area contributed by atoms with Crippen molar-refractivity contribution in [2.24, 2.45) is 0 Å². The number of nitrogens with one attached hydrogen (secondary N) is 1. The molecular formula is C20H23F2N2O2P. The van der Waals surface area contributed by atoms with Gasteiger partial charge in [0.2, 0.25) is 5.91 Å². The molecule has 144 valence electrons. The van der Waals surface area contributed by atoms with Gasteiger partial charge in [-0.3, -0.25) is 4.79 Å². The van der Waals surface area contributed by atoms with Gasteiger partial charge in [-0.1, -0.05) is 24.3 Å². The molecule has 1 aliphatic rings. The Balaban J connectivity index is 2.08. The number of likely N-dealkylation sites (N-methyl/N-ethyl adjacent to an activating group) is 1. The predicted molar refractivity (Wildman–Crippen MR) is 105 cm³/mol. The minimum absolute atomic E-state index is 0.0467. The van der Waals surface area contributed by atoms with Crippen molar-refractivity contribution in [2.45, 2.75) is 18.9 Å². The van der Waals surface area contributed by atoms with Crippen molar-refractivity contribution >= 4 is 24.0 Å². The molecule has 7 heteroatoms. The molecule has 0 spiro atoms. The summed E-state index contributed by atoms with van der Waals surface area (Å²) in [5, 5.41) is 3.41. The zero-order chi connectivity index (χ0) is 19.8. The Morgan fingerprint density at radius 2 is 1.78 bits per heavy atom. The summed E-state index contributed by atoms with van der Waals surface area (Å²) in [6.45, 7) is 3.54. The molecule has 1 atom stereocenters. The zero-order valence-electron chi connectivity index (χ0n) is 15.6. The normalized spacial score (nSPS) is 18.0. The van der Waals surface area contributed by atoms with Gasteiger partial charge in [0.1, 0.15) is 7.14 Å². The second-order valence-corrected chi connectivity index (χ2v) is 10.3. The van der Waals surface area contributed by atoms with E-state index in [0.29, 0.717) is 30.3 Å². The van der Waals surface area contributed by atoms with Crippen LogP contribution in [0.15, 0.2) is 36.4 Å². The van der Waals surface area contributed by atoms with Crippen LogP contribution in [0.4, 0.5) is 14.5 Å². The molecule has 1 heterocycles. The summed E-state index contributed by atoms with van der Waals surface area (Å²) in [5.74, 6) is -2.36. The molecule has 1 unspecified atom stereocenters. The van der Waals surface area contributed by atoms with Gasteiger partial charge in [-0.05, 0) is 50.9 Å². The molecule has 0 saturated carbocycles. The Hall–Kier alpha value is -2.04. The van der Waals surface area contributed by atoms with Crippen LogP contribution in [0.3, 0.4) is 0 Å². The highest BCUT2D eigenvalue weighted by Gasteiger charge is 2.31. The number of piperidine rings is 1. The Morgan fingerprint density at radius 1 is 1.07 bits per heavy atom. The zero-order valence-corrected chi connectivity index (χ0v) is 16.5. The maximum Gasteiger partial charge on any atom is 0.244 e. The summed E-state index contributed by atoms with van der Waals surface area (Å²) in [5.41, 5.74) is 0.395. The van der Waals surface area contributed by atoms with Crippen molar-refractivity contribution in [1.82, 2.24) is 5.32 Å². The summed E-state index contributed by atoms with van der Waals surface area (Å²) in [6.07, 6.45) is 1.38. The predicted octanol–water partition coefficient (Wildman–Crippen LogP) is 3.59. The first kappa shape index (κ1) is 19.7. The van der Waals surface area contributed by atoms with Gasteiger partial charge in [0.15, 0.2) is 11.6 Å². The van der Waals surface area contributed by atoms with Crippen LogP contribution in [-0.2, 0) is 9.36 Å². The Kier molecular flexibility index (Phi) is 5.50. The van der Waals surface area contributed by atoms with Crippen LogP contribution in [-0.4, -0.2) is 38.9 Å². The number of carbonyl (C=O) groups is 1.